The molecule has 160 valence electrons. The van der Waals surface area contributed by atoms with E-state index in [0.717, 1.165) is 58.9 Å². The van der Waals surface area contributed by atoms with Gasteiger partial charge in [0.2, 0.25) is 0 Å². The monoisotopic (exact) mass is 438 g/mol. The fourth-order valence-corrected chi connectivity index (χ4v) is 8.69. The molecule has 1 aliphatic rings. The first-order chi connectivity index (χ1) is 15.9. The number of rotatable bonds is 6. The van der Waals surface area contributed by atoms with Crippen molar-refractivity contribution in [2.45, 2.75) is 18.9 Å². The van der Waals surface area contributed by atoms with Crippen molar-refractivity contribution in [3.63, 3.8) is 0 Å². The highest BCUT2D eigenvalue weighted by atomic mass is 28.4. The summed E-state index contributed by atoms with van der Waals surface area (Å²) in [7, 11) is -2.58. The van der Waals surface area contributed by atoms with E-state index in [1.54, 1.807) is 0 Å². The quantitative estimate of drug-likeness (QED) is 0.338. The van der Waals surface area contributed by atoms with E-state index in [2.05, 4.69) is 36.4 Å². The smallest absolute Gasteiger partial charge is 0.263 e. The second-order valence-electron chi connectivity index (χ2n) is 7.96. The summed E-state index contributed by atoms with van der Waals surface area (Å²) in [5.74, 6) is 3.38. The predicted octanol–water partition coefficient (Wildman–Crippen LogP) is 6.14. The summed E-state index contributed by atoms with van der Waals surface area (Å²) in [5.41, 5.74) is 0. The van der Waals surface area contributed by atoms with E-state index >= 15 is 0 Å². The van der Waals surface area contributed by atoms with Crippen molar-refractivity contribution in [2.75, 3.05) is 6.61 Å². The van der Waals surface area contributed by atoms with Crippen LogP contribution in [0.2, 0.25) is 6.04 Å². The zero-order valence-electron chi connectivity index (χ0n) is 17.9. The van der Waals surface area contributed by atoms with E-state index in [1.165, 1.54) is 0 Å². The van der Waals surface area contributed by atoms with Gasteiger partial charge in [-0.15, -0.1) is 0 Å². The Kier molecular flexibility index (Phi) is 6.06. The molecule has 4 aromatic carbocycles. The Morgan fingerprint density at radius 3 is 1.47 bits per heavy atom. The largest absolute Gasteiger partial charge is 0.457 e. The molecule has 5 rings (SSSR count). The molecule has 0 spiro atoms. The molecule has 0 bridgehead atoms. The summed E-state index contributed by atoms with van der Waals surface area (Å²) in [6.45, 7) is 0.756. The van der Waals surface area contributed by atoms with Gasteiger partial charge in [-0.2, -0.15) is 0 Å². The minimum Gasteiger partial charge on any atom is -0.457 e. The van der Waals surface area contributed by atoms with Crippen molar-refractivity contribution >= 4 is 18.7 Å². The summed E-state index contributed by atoms with van der Waals surface area (Å²) in [4.78, 5) is 0. The Bertz CT molecular complexity index is 1070. The molecule has 1 fully saturated rings. The highest BCUT2D eigenvalue weighted by Crippen LogP contribution is 2.31. The van der Waals surface area contributed by atoms with E-state index < -0.39 is 8.32 Å². The maximum Gasteiger partial charge on any atom is 0.263 e. The topological polar surface area (TPSA) is 27.7 Å². The molecule has 0 saturated carbocycles. The number of hydrogen-bond acceptors (Lipinski definition) is 3. The molecule has 0 amide bonds. The van der Waals surface area contributed by atoms with Crippen LogP contribution in [0, 0.1) is 0 Å². The second-order valence-corrected chi connectivity index (χ2v) is 11.5. The van der Waals surface area contributed by atoms with Crippen molar-refractivity contribution in [3.05, 3.63) is 109 Å². The molecule has 0 atom stereocenters. The fourth-order valence-electron chi connectivity index (χ4n) is 4.37. The van der Waals surface area contributed by atoms with E-state index in [-0.39, 0.29) is 0 Å². The molecule has 4 aromatic rings. The van der Waals surface area contributed by atoms with Gasteiger partial charge in [0.05, 0.1) is 0 Å². The number of ether oxygens (including phenoxy) is 2. The van der Waals surface area contributed by atoms with Crippen LogP contribution < -0.4 is 19.8 Å². The Balaban J connectivity index is 1.61. The highest BCUT2D eigenvalue weighted by molar-refractivity contribution is 6.98. The Morgan fingerprint density at radius 1 is 0.531 bits per heavy atom. The summed E-state index contributed by atoms with van der Waals surface area (Å²) >= 11 is 0. The van der Waals surface area contributed by atoms with Crippen molar-refractivity contribution < 1.29 is 13.9 Å². The first-order valence-corrected chi connectivity index (χ1v) is 13.3. The van der Waals surface area contributed by atoms with E-state index in [9.17, 15) is 0 Å². The Labute approximate surface area is 190 Å². The molecule has 0 radical (unpaired) electrons. The molecule has 4 heteroatoms. The summed E-state index contributed by atoms with van der Waals surface area (Å²) in [5, 5.41) is 2.32. The third-order valence-electron chi connectivity index (χ3n) is 5.86. The van der Waals surface area contributed by atoms with Gasteiger partial charge in [-0.05, 0) is 48.9 Å². The Hall–Kier alpha value is -3.34. The van der Waals surface area contributed by atoms with Crippen LogP contribution in [-0.4, -0.2) is 14.9 Å². The minimum atomic E-state index is -2.58. The van der Waals surface area contributed by atoms with E-state index in [0.29, 0.717) is 0 Å². The third-order valence-corrected chi connectivity index (χ3v) is 10.2. The number of hydrogen-bond donors (Lipinski definition) is 0. The second kappa shape index (κ2) is 9.43. The van der Waals surface area contributed by atoms with Crippen LogP contribution in [-0.2, 0) is 4.43 Å². The maximum absolute atomic E-state index is 6.77. The number of para-hydroxylation sites is 4. The molecule has 0 N–H and O–H groups in total. The van der Waals surface area contributed by atoms with Crippen LogP contribution in [0.25, 0.3) is 0 Å². The Morgan fingerprint density at radius 2 is 1.00 bits per heavy atom. The molecule has 3 nitrogen and oxygen atoms in total. The van der Waals surface area contributed by atoms with Gasteiger partial charge in [-0.3, -0.25) is 0 Å². The summed E-state index contributed by atoms with van der Waals surface area (Å²) in [6.07, 6.45) is 2.21. The van der Waals surface area contributed by atoms with Gasteiger partial charge in [-0.1, -0.05) is 79.2 Å². The van der Waals surface area contributed by atoms with E-state index in [4.69, 9.17) is 13.9 Å². The average molecular weight is 439 g/mol. The SMILES string of the molecule is c1ccc(Oc2ccccc2[Si]2(c3ccccc3Oc3ccccc3)CCCCO2)cc1. The van der Waals surface area contributed by atoms with E-state index in [1.807, 2.05) is 72.8 Å². The van der Waals surface area contributed by atoms with Gasteiger partial charge < -0.3 is 13.9 Å². The molecular formula is C28H26O3Si. The summed E-state index contributed by atoms with van der Waals surface area (Å²) in [6, 6.07) is 37.6. The lowest BCUT2D eigenvalue weighted by Crippen LogP contribution is -2.62. The predicted molar refractivity (Wildman–Crippen MR) is 131 cm³/mol. The lowest BCUT2D eigenvalue weighted by molar-refractivity contribution is 0.282. The van der Waals surface area contributed by atoms with Crippen LogP contribution in [0.15, 0.2) is 109 Å². The first kappa shape index (κ1) is 20.6. The van der Waals surface area contributed by atoms with Gasteiger partial charge in [0.25, 0.3) is 8.32 Å². The van der Waals surface area contributed by atoms with Crippen molar-refractivity contribution in [3.8, 4) is 23.0 Å². The van der Waals surface area contributed by atoms with Crippen molar-refractivity contribution in [1.82, 2.24) is 0 Å². The zero-order valence-corrected chi connectivity index (χ0v) is 18.9. The van der Waals surface area contributed by atoms with Crippen LogP contribution in [0.4, 0.5) is 0 Å². The molecule has 0 aromatic heterocycles. The minimum absolute atomic E-state index is 0.756. The molecule has 0 unspecified atom stereocenters. The standard InChI is InChI=1S/C28H26O3Si/c1-3-13-23(14-4-1)30-25-17-7-9-19-27(25)32(22-12-11-21-29-32)28-20-10-8-18-26(28)31-24-15-5-2-6-16-24/h1-10,13-20H,11-12,21-22H2. The van der Waals surface area contributed by atoms with Gasteiger partial charge in [0, 0.05) is 17.0 Å². The highest BCUT2D eigenvalue weighted by Gasteiger charge is 2.45. The van der Waals surface area contributed by atoms with Gasteiger partial charge in [0.15, 0.2) is 0 Å². The lowest BCUT2D eigenvalue weighted by atomic mass is 10.3. The van der Waals surface area contributed by atoms with Crippen molar-refractivity contribution in [2.24, 2.45) is 0 Å². The van der Waals surface area contributed by atoms with Crippen LogP contribution >= 0.6 is 0 Å². The molecule has 1 heterocycles. The van der Waals surface area contributed by atoms with Crippen LogP contribution in [0.1, 0.15) is 12.8 Å². The third kappa shape index (κ3) is 4.20. The zero-order chi connectivity index (χ0) is 21.6. The molecule has 0 aliphatic carbocycles. The summed E-state index contributed by atoms with van der Waals surface area (Å²) < 4.78 is 19.5. The van der Waals surface area contributed by atoms with Gasteiger partial charge >= 0.3 is 0 Å². The van der Waals surface area contributed by atoms with Gasteiger partial charge in [-0.25, -0.2) is 0 Å². The van der Waals surface area contributed by atoms with Crippen LogP contribution in [0.3, 0.4) is 0 Å². The van der Waals surface area contributed by atoms with Crippen LogP contribution in [0.5, 0.6) is 23.0 Å². The van der Waals surface area contributed by atoms with Gasteiger partial charge in [0.1, 0.15) is 23.0 Å². The first-order valence-electron chi connectivity index (χ1n) is 11.1. The van der Waals surface area contributed by atoms with Crippen molar-refractivity contribution in [1.29, 1.82) is 0 Å². The average Bonchev–Trinajstić information content (AvgIpc) is 2.86. The lowest BCUT2D eigenvalue weighted by Gasteiger charge is -2.37. The maximum atomic E-state index is 6.77. The molecular weight excluding hydrogens is 412 g/mol. The fraction of sp³-hybridized carbons (Fsp3) is 0.143. The molecule has 1 saturated heterocycles. The normalized spacial score (nSPS) is 15.1. The number of benzene rings is 4. The molecule has 32 heavy (non-hydrogen) atoms. The molecule has 1 aliphatic heterocycles.